The largest absolute Gasteiger partial charge is 0.284 e. The van der Waals surface area contributed by atoms with Crippen LogP contribution in [0.15, 0.2) is 50.6 Å². The van der Waals surface area contributed by atoms with Gasteiger partial charge in [0.1, 0.15) is 4.90 Å². The van der Waals surface area contributed by atoms with Crippen LogP contribution in [-0.2, 0) is 20.0 Å². The summed E-state index contributed by atoms with van der Waals surface area (Å²) in [5.74, 6) is -0.543. The molecule has 10 heteroatoms. The van der Waals surface area contributed by atoms with Crippen molar-refractivity contribution < 1.29 is 21.6 Å². The molecule has 2 aromatic carbocycles. The number of nitrogens with zero attached hydrogens (tertiary/aromatic N) is 1. The SMILES string of the molecule is Cc1ccc2c(c1)C(=O)NS2(=O)=O.Cc1ccc2c(c1)C(Cl)=NS2(=O)=O. The fourth-order valence-corrected chi connectivity index (χ4v) is 5.24. The van der Waals surface area contributed by atoms with Crippen LogP contribution in [0.4, 0.5) is 0 Å². The molecule has 1 amide bonds. The van der Waals surface area contributed by atoms with E-state index in [2.05, 4.69) is 4.40 Å². The van der Waals surface area contributed by atoms with E-state index in [0.717, 1.165) is 11.1 Å². The summed E-state index contributed by atoms with van der Waals surface area (Å²) in [5, 5.41) is 0.0544. The van der Waals surface area contributed by atoms with Crippen LogP contribution in [0, 0.1) is 13.8 Å². The van der Waals surface area contributed by atoms with Gasteiger partial charge in [0.15, 0.2) is 5.17 Å². The van der Waals surface area contributed by atoms with Crippen molar-refractivity contribution >= 4 is 42.7 Å². The van der Waals surface area contributed by atoms with E-state index in [1.54, 1.807) is 31.2 Å². The third-order valence-electron chi connectivity index (χ3n) is 3.73. The maximum absolute atomic E-state index is 11.3. The lowest BCUT2D eigenvalue weighted by Gasteiger charge is -1.97. The van der Waals surface area contributed by atoms with Crippen molar-refractivity contribution in [2.75, 3.05) is 0 Å². The van der Waals surface area contributed by atoms with Crippen molar-refractivity contribution in [1.29, 1.82) is 0 Å². The fraction of sp³-hybridized carbons (Fsp3) is 0.125. The number of aryl methyl sites for hydroxylation is 2. The monoisotopic (exact) mass is 412 g/mol. The first-order valence-electron chi connectivity index (χ1n) is 7.30. The molecule has 0 aromatic heterocycles. The Balaban J connectivity index is 0.000000151. The Hall–Kier alpha value is -2.23. The standard InChI is InChI=1S/C8H6ClNO2S.C8H7NO3S/c1-5-2-3-7-6(4-5)8(9)10-13(7,11)12;1-5-2-3-7-6(4-5)8(10)9-13(7,11)12/h2-4H,1H3;2-4H,1H3,(H,9,10). The lowest BCUT2D eigenvalue weighted by Crippen LogP contribution is -2.20. The zero-order valence-corrected chi connectivity index (χ0v) is 16.0. The fourth-order valence-electron chi connectivity index (χ4n) is 2.52. The van der Waals surface area contributed by atoms with Crippen LogP contribution in [0.5, 0.6) is 0 Å². The number of fused-ring (bicyclic) bond motifs is 2. The van der Waals surface area contributed by atoms with Gasteiger partial charge in [-0.15, -0.1) is 4.40 Å². The van der Waals surface area contributed by atoms with Crippen LogP contribution in [0.25, 0.3) is 0 Å². The molecular weight excluding hydrogens is 400 g/mol. The van der Waals surface area contributed by atoms with Crippen LogP contribution >= 0.6 is 11.6 Å². The van der Waals surface area contributed by atoms with Gasteiger partial charge in [0.2, 0.25) is 0 Å². The number of hydrogen-bond acceptors (Lipinski definition) is 5. The average Bonchev–Trinajstić information content (AvgIpc) is 2.89. The van der Waals surface area contributed by atoms with Crippen molar-refractivity contribution in [3.8, 4) is 0 Å². The predicted octanol–water partition coefficient (Wildman–Crippen LogP) is 2.11. The Labute approximate surface area is 155 Å². The van der Waals surface area contributed by atoms with E-state index in [1.807, 2.05) is 11.6 Å². The van der Waals surface area contributed by atoms with Gasteiger partial charge in [-0.1, -0.05) is 34.9 Å². The number of sulfonamides is 2. The Morgan fingerprint density at radius 2 is 1.42 bits per heavy atom. The van der Waals surface area contributed by atoms with Crippen molar-refractivity contribution in [3.05, 3.63) is 58.7 Å². The van der Waals surface area contributed by atoms with Crippen LogP contribution in [0.3, 0.4) is 0 Å². The molecule has 0 aliphatic carbocycles. The number of nitrogens with one attached hydrogen (secondary N) is 1. The number of amides is 1. The van der Waals surface area contributed by atoms with Gasteiger partial charge in [0, 0.05) is 5.56 Å². The molecule has 0 fully saturated rings. The third kappa shape index (κ3) is 3.25. The number of hydrogen-bond donors (Lipinski definition) is 1. The van der Waals surface area contributed by atoms with E-state index in [0.29, 0.717) is 5.56 Å². The first-order valence-corrected chi connectivity index (χ1v) is 10.6. The second-order valence-electron chi connectivity index (χ2n) is 5.79. The lowest BCUT2D eigenvalue weighted by molar-refractivity contribution is 0.0985. The molecule has 2 aliphatic heterocycles. The average molecular weight is 413 g/mol. The Morgan fingerprint density at radius 3 is 2.04 bits per heavy atom. The summed E-state index contributed by atoms with van der Waals surface area (Å²) >= 11 is 5.67. The summed E-state index contributed by atoms with van der Waals surface area (Å²) in [6.07, 6.45) is 0. The van der Waals surface area contributed by atoms with Crippen molar-refractivity contribution in [2.24, 2.45) is 4.40 Å². The van der Waals surface area contributed by atoms with E-state index in [-0.39, 0.29) is 20.5 Å². The van der Waals surface area contributed by atoms with Gasteiger partial charge in [-0.3, -0.25) is 4.79 Å². The van der Waals surface area contributed by atoms with E-state index in [9.17, 15) is 21.6 Å². The molecule has 7 nitrogen and oxygen atoms in total. The topological polar surface area (TPSA) is 110 Å². The summed E-state index contributed by atoms with van der Waals surface area (Å²) in [4.78, 5) is 11.4. The second-order valence-corrected chi connectivity index (χ2v) is 9.37. The summed E-state index contributed by atoms with van der Waals surface area (Å²) in [6.45, 7) is 3.67. The molecule has 136 valence electrons. The van der Waals surface area contributed by atoms with Crippen molar-refractivity contribution in [2.45, 2.75) is 23.6 Å². The minimum atomic E-state index is -3.57. The highest BCUT2D eigenvalue weighted by Crippen LogP contribution is 2.28. The third-order valence-corrected chi connectivity index (χ3v) is 6.84. The molecule has 0 unspecified atom stereocenters. The molecule has 2 aromatic rings. The number of carbonyl (C=O) groups excluding carboxylic acids is 1. The van der Waals surface area contributed by atoms with Crippen molar-refractivity contribution in [3.63, 3.8) is 0 Å². The van der Waals surface area contributed by atoms with Gasteiger partial charge in [0.05, 0.1) is 10.5 Å². The van der Waals surface area contributed by atoms with E-state index < -0.39 is 26.0 Å². The second kappa shape index (κ2) is 6.19. The summed E-state index contributed by atoms with van der Waals surface area (Å²) in [5.41, 5.74) is 2.57. The van der Waals surface area contributed by atoms with Crippen LogP contribution in [0.1, 0.15) is 27.0 Å². The summed E-state index contributed by atoms with van der Waals surface area (Å²) < 4.78 is 50.4. The van der Waals surface area contributed by atoms with E-state index in [1.165, 1.54) is 12.1 Å². The summed E-state index contributed by atoms with van der Waals surface area (Å²) in [7, 11) is -7.09. The number of rotatable bonds is 0. The lowest BCUT2D eigenvalue weighted by atomic mass is 10.1. The molecule has 26 heavy (non-hydrogen) atoms. The van der Waals surface area contributed by atoms with Crippen molar-refractivity contribution in [1.82, 2.24) is 4.72 Å². The highest BCUT2D eigenvalue weighted by Gasteiger charge is 2.32. The van der Waals surface area contributed by atoms with Gasteiger partial charge < -0.3 is 0 Å². The maximum atomic E-state index is 11.3. The van der Waals surface area contributed by atoms with Gasteiger partial charge in [0.25, 0.3) is 26.0 Å². The highest BCUT2D eigenvalue weighted by atomic mass is 35.5. The Morgan fingerprint density at radius 1 is 0.885 bits per heavy atom. The molecule has 0 atom stereocenters. The highest BCUT2D eigenvalue weighted by molar-refractivity contribution is 7.91. The predicted molar refractivity (Wildman–Crippen MR) is 96.6 cm³/mol. The van der Waals surface area contributed by atoms with Gasteiger partial charge in [-0.25, -0.2) is 13.1 Å². The first kappa shape index (κ1) is 18.6. The quantitative estimate of drug-likeness (QED) is 0.712. The van der Waals surface area contributed by atoms with Crippen LogP contribution in [0.2, 0.25) is 0 Å². The molecule has 0 saturated heterocycles. The van der Waals surface area contributed by atoms with Gasteiger partial charge in [-0.2, -0.15) is 8.42 Å². The number of benzene rings is 2. The molecule has 4 rings (SSSR count). The van der Waals surface area contributed by atoms with Crippen LogP contribution < -0.4 is 4.72 Å². The minimum Gasteiger partial charge on any atom is -0.268 e. The summed E-state index contributed by atoms with van der Waals surface area (Å²) in [6, 6.07) is 9.63. The minimum absolute atomic E-state index is 0.0544. The maximum Gasteiger partial charge on any atom is 0.284 e. The van der Waals surface area contributed by atoms with Gasteiger partial charge in [-0.05, 0) is 38.1 Å². The van der Waals surface area contributed by atoms with Crippen LogP contribution in [-0.4, -0.2) is 27.9 Å². The normalized spacial score (nSPS) is 18.1. The van der Waals surface area contributed by atoms with Gasteiger partial charge >= 0.3 is 0 Å². The Bertz CT molecular complexity index is 1180. The molecule has 2 aliphatic rings. The molecule has 0 bridgehead atoms. The van der Waals surface area contributed by atoms with E-state index in [4.69, 9.17) is 11.6 Å². The molecule has 0 radical (unpaired) electrons. The molecule has 1 N–H and O–H groups in total. The molecule has 2 heterocycles. The molecular formula is C16H13ClN2O5S2. The zero-order valence-electron chi connectivity index (χ0n) is 13.6. The number of carbonyl (C=O) groups is 1. The number of halogens is 1. The Kier molecular flexibility index (Phi) is 4.41. The zero-order chi connectivity index (χ0) is 19.3. The van der Waals surface area contributed by atoms with E-state index >= 15 is 0 Å². The smallest absolute Gasteiger partial charge is 0.268 e. The molecule has 0 saturated carbocycles. The first-order chi connectivity index (χ1) is 12.0. The molecule has 0 spiro atoms.